The van der Waals surface area contributed by atoms with Crippen molar-refractivity contribution in [3.8, 4) is 17.6 Å². The zero-order chi connectivity index (χ0) is 26.2. The van der Waals surface area contributed by atoms with E-state index in [4.69, 9.17) is 9.47 Å². The molecule has 0 aliphatic carbocycles. The molecule has 1 atom stereocenters. The van der Waals surface area contributed by atoms with E-state index in [0.29, 0.717) is 30.3 Å². The van der Waals surface area contributed by atoms with Crippen molar-refractivity contribution in [3.63, 3.8) is 0 Å². The maximum Gasteiger partial charge on any atom is 0.262 e. The second kappa shape index (κ2) is 12.4. The van der Waals surface area contributed by atoms with Crippen LogP contribution in [0.25, 0.3) is 16.8 Å². The third-order valence-corrected chi connectivity index (χ3v) is 6.71. The molecule has 0 spiro atoms. The molecule has 0 aliphatic rings. The summed E-state index contributed by atoms with van der Waals surface area (Å²) >= 11 is 2.20. The molecule has 1 amide bonds. The fourth-order valence-corrected chi connectivity index (χ4v) is 4.84. The van der Waals surface area contributed by atoms with Crippen molar-refractivity contribution in [2.24, 2.45) is 0 Å². The van der Waals surface area contributed by atoms with Gasteiger partial charge in [0.1, 0.15) is 18.2 Å². The average Bonchev–Trinajstić information content (AvgIpc) is 2.92. The summed E-state index contributed by atoms with van der Waals surface area (Å²) in [4.78, 5) is 12.8. The van der Waals surface area contributed by atoms with Crippen LogP contribution in [0.1, 0.15) is 36.6 Å². The molecule has 4 aromatic carbocycles. The van der Waals surface area contributed by atoms with Gasteiger partial charge in [0.05, 0.1) is 16.2 Å². The van der Waals surface area contributed by atoms with Gasteiger partial charge in [-0.25, -0.2) is 0 Å². The third-order valence-electron chi connectivity index (χ3n) is 5.91. The number of carbonyl (C=O) groups is 1. The van der Waals surface area contributed by atoms with Crippen molar-refractivity contribution < 1.29 is 14.3 Å². The van der Waals surface area contributed by atoms with E-state index in [-0.39, 0.29) is 11.6 Å². The molecule has 0 aliphatic heterocycles. The highest BCUT2D eigenvalue weighted by molar-refractivity contribution is 14.1. The van der Waals surface area contributed by atoms with Crippen LogP contribution >= 0.6 is 22.6 Å². The van der Waals surface area contributed by atoms with E-state index in [1.54, 1.807) is 12.1 Å². The summed E-state index contributed by atoms with van der Waals surface area (Å²) in [6.45, 7) is 4.63. The van der Waals surface area contributed by atoms with E-state index >= 15 is 0 Å². The van der Waals surface area contributed by atoms with Crippen LogP contribution in [0, 0.1) is 14.9 Å². The lowest BCUT2D eigenvalue weighted by Crippen LogP contribution is -2.27. The number of hydrogen-bond donors (Lipinski definition) is 1. The van der Waals surface area contributed by atoms with Gasteiger partial charge < -0.3 is 14.8 Å². The quantitative estimate of drug-likeness (QED) is 0.125. The number of halogens is 1. The van der Waals surface area contributed by atoms with Gasteiger partial charge in [0.25, 0.3) is 5.91 Å². The van der Waals surface area contributed by atoms with Crippen molar-refractivity contribution in [2.75, 3.05) is 6.61 Å². The molecule has 0 radical (unpaired) electrons. The second-order valence-corrected chi connectivity index (χ2v) is 9.63. The minimum absolute atomic E-state index is 0.0189. The fraction of sp³-hybridized carbons (Fsp3) is 0.161. The monoisotopic (exact) mass is 602 g/mol. The number of fused-ring (bicyclic) bond motifs is 1. The fourth-order valence-electron chi connectivity index (χ4n) is 4.06. The van der Waals surface area contributed by atoms with Crippen LogP contribution in [0.15, 0.2) is 90.5 Å². The molecule has 0 bridgehead atoms. The molecule has 0 saturated carbocycles. The first-order chi connectivity index (χ1) is 18.0. The number of nitriles is 1. The summed E-state index contributed by atoms with van der Waals surface area (Å²) in [6, 6.07) is 29.5. The number of carbonyl (C=O) groups excluding carboxylic acids is 1. The van der Waals surface area contributed by atoms with Gasteiger partial charge >= 0.3 is 0 Å². The first kappa shape index (κ1) is 26.2. The molecular weight excluding hydrogens is 575 g/mol. The molecule has 6 heteroatoms. The first-order valence-electron chi connectivity index (χ1n) is 12.0. The summed E-state index contributed by atoms with van der Waals surface area (Å²) < 4.78 is 13.0. The smallest absolute Gasteiger partial charge is 0.262 e. The number of ether oxygens (including phenoxy) is 2. The van der Waals surface area contributed by atoms with Crippen molar-refractivity contribution in [2.45, 2.75) is 26.5 Å². The maximum atomic E-state index is 12.8. The molecule has 5 nitrogen and oxygen atoms in total. The summed E-state index contributed by atoms with van der Waals surface area (Å²) in [6.07, 6.45) is 1.58. The molecule has 186 valence electrons. The average molecular weight is 602 g/mol. The van der Waals surface area contributed by atoms with Gasteiger partial charge in [-0.15, -0.1) is 0 Å². The Bertz CT molecular complexity index is 1470. The van der Waals surface area contributed by atoms with Crippen molar-refractivity contribution in [3.05, 3.63) is 111 Å². The highest BCUT2D eigenvalue weighted by Crippen LogP contribution is 2.36. The summed E-state index contributed by atoms with van der Waals surface area (Å²) in [5.41, 5.74) is 2.75. The van der Waals surface area contributed by atoms with E-state index in [0.717, 1.165) is 25.5 Å². The highest BCUT2D eigenvalue weighted by atomic mass is 127. The van der Waals surface area contributed by atoms with E-state index < -0.39 is 5.91 Å². The van der Waals surface area contributed by atoms with Gasteiger partial charge in [0.2, 0.25) is 0 Å². The second-order valence-electron chi connectivity index (χ2n) is 8.47. The zero-order valence-corrected chi connectivity index (χ0v) is 22.9. The Morgan fingerprint density at radius 2 is 1.76 bits per heavy atom. The van der Waals surface area contributed by atoms with Crippen LogP contribution < -0.4 is 14.8 Å². The first-order valence-corrected chi connectivity index (χ1v) is 13.1. The number of nitrogens with zero attached hydrogens (tertiary/aromatic N) is 1. The predicted molar refractivity (Wildman–Crippen MR) is 155 cm³/mol. The standard InChI is InChI=1S/C31H27IN2O3/c1-3-36-29-18-22(16-26(19-33)31(35)34-21(2)23-10-5-4-6-11-23)17-28(32)30(29)37-20-25-14-9-13-24-12-7-8-15-27(24)25/h4-18,21H,3,20H2,1-2H3,(H,34,35)/b26-16-/t21-/m1/s1. The predicted octanol–water partition coefficient (Wildman–Crippen LogP) is 7.21. The van der Waals surface area contributed by atoms with Gasteiger partial charge in [-0.3, -0.25) is 4.79 Å². The van der Waals surface area contributed by atoms with Gasteiger partial charge in [0, 0.05) is 0 Å². The van der Waals surface area contributed by atoms with Crippen LogP contribution in [0.2, 0.25) is 0 Å². The molecule has 4 aromatic rings. The van der Waals surface area contributed by atoms with Gasteiger partial charge in [0.15, 0.2) is 11.5 Å². The largest absolute Gasteiger partial charge is 0.490 e. The Kier molecular flexibility index (Phi) is 8.81. The number of benzene rings is 4. The number of nitrogens with one attached hydrogen (secondary N) is 1. The molecule has 1 N–H and O–H groups in total. The molecule has 0 heterocycles. The van der Waals surface area contributed by atoms with Gasteiger partial charge in [-0.05, 0) is 82.1 Å². The molecule has 4 rings (SSSR count). The van der Waals surface area contributed by atoms with E-state index in [1.807, 2.05) is 74.5 Å². The summed E-state index contributed by atoms with van der Waals surface area (Å²) in [5.74, 6) is 0.771. The van der Waals surface area contributed by atoms with Crippen LogP contribution in [0.4, 0.5) is 0 Å². The number of rotatable bonds is 9. The topological polar surface area (TPSA) is 71.3 Å². The third kappa shape index (κ3) is 6.49. The van der Waals surface area contributed by atoms with Gasteiger partial charge in [-0.2, -0.15) is 5.26 Å². The SMILES string of the molecule is CCOc1cc(/C=C(/C#N)C(=O)N[C@H](C)c2ccccc2)cc(I)c1OCc1cccc2ccccc12. The van der Waals surface area contributed by atoms with E-state index in [9.17, 15) is 10.1 Å². The van der Waals surface area contributed by atoms with Crippen molar-refractivity contribution in [1.82, 2.24) is 5.32 Å². The Labute approximate surface area is 230 Å². The maximum absolute atomic E-state index is 12.8. The van der Waals surface area contributed by atoms with E-state index in [1.165, 1.54) is 0 Å². The Balaban J connectivity index is 1.57. The zero-order valence-electron chi connectivity index (χ0n) is 20.7. The number of hydrogen-bond acceptors (Lipinski definition) is 4. The highest BCUT2D eigenvalue weighted by Gasteiger charge is 2.16. The Morgan fingerprint density at radius 1 is 1.03 bits per heavy atom. The van der Waals surface area contributed by atoms with Gasteiger partial charge in [-0.1, -0.05) is 72.8 Å². The van der Waals surface area contributed by atoms with Crippen molar-refractivity contribution >= 4 is 45.3 Å². The molecule has 0 unspecified atom stereocenters. The summed E-state index contributed by atoms with van der Waals surface area (Å²) in [7, 11) is 0. The lowest BCUT2D eigenvalue weighted by molar-refractivity contribution is -0.117. The molecule has 0 fully saturated rings. The lowest BCUT2D eigenvalue weighted by atomic mass is 10.1. The van der Waals surface area contributed by atoms with Crippen LogP contribution in [0.3, 0.4) is 0 Å². The minimum Gasteiger partial charge on any atom is -0.490 e. The number of amides is 1. The van der Waals surface area contributed by atoms with Crippen molar-refractivity contribution in [1.29, 1.82) is 5.26 Å². The molecule has 0 saturated heterocycles. The van der Waals surface area contributed by atoms with Crippen LogP contribution in [-0.4, -0.2) is 12.5 Å². The Morgan fingerprint density at radius 3 is 2.51 bits per heavy atom. The molecular formula is C31H27IN2O3. The van der Waals surface area contributed by atoms with Crippen LogP contribution in [0.5, 0.6) is 11.5 Å². The Hall–Kier alpha value is -3.83. The summed E-state index contributed by atoms with van der Waals surface area (Å²) in [5, 5.41) is 14.9. The van der Waals surface area contributed by atoms with Crippen LogP contribution in [-0.2, 0) is 11.4 Å². The minimum atomic E-state index is -0.428. The van der Waals surface area contributed by atoms with E-state index in [2.05, 4.69) is 52.2 Å². The lowest BCUT2D eigenvalue weighted by Gasteiger charge is -2.16. The normalized spacial score (nSPS) is 12.0. The molecule has 0 aromatic heterocycles. The molecule has 37 heavy (non-hydrogen) atoms.